The molecule has 1 aliphatic heterocycles. The molecule has 0 unspecified atom stereocenters. The quantitative estimate of drug-likeness (QED) is 0.668. The Morgan fingerprint density at radius 3 is 1.87 bits per heavy atom. The number of hydrogen-bond donors (Lipinski definition) is 0. The van der Waals surface area contributed by atoms with E-state index in [1.54, 1.807) is 0 Å². The highest BCUT2D eigenvalue weighted by molar-refractivity contribution is 4.71. The number of likely N-dealkylation sites (tertiary alicyclic amines) is 1. The molecule has 1 saturated carbocycles. The summed E-state index contributed by atoms with van der Waals surface area (Å²) in [6, 6.07) is 0. The third kappa shape index (κ3) is 4.14. The Labute approximate surface area is 95.2 Å². The molecule has 0 bridgehead atoms. The van der Waals surface area contributed by atoms with Crippen molar-refractivity contribution in [2.45, 2.75) is 64.2 Å². The van der Waals surface area contributed by atoms with Crippen LogP contribution in [-0.2, 0) is 0 Å². The van der Waals surface area contributed by atoms with Gasteiger partial charge in [-0.15, -0.1) is 0 Å². The highest BCUT2D eigenvalue weighted by Gasteiger charge is 2.17. The summed E-state index contributed by atoms with van der Waals surface area (Å²) in [6.45, 7) is 4.19. The molecule has 1 heterocycles. The second kappa shape index (κ2) is 6.52. The zero-order valence-electron chi connectivity index (χ0n) is 10.2. The Morgan fingerprint density at radius 1 is 0.667 bits per heavy atom. The molecule has 2 rings (SSSR count). The molecule has 0 amide bonds. The van der Waals surface area contributed by atoms with Gasteiger partial charge >= 0.3 is 0 Å². The first kappa shape index (κ1) is 11.4. The van der Waals surface area contributed by atoms with E-state index in [1.807, 2.05) is 0 Å². The molecular formula is C14H27N. The molecule has 0 aromatic carbocycles. The van der Waals surface area contributed by atoms with Gasteiger partial charge in [0.25, 0.3) is 0 Å². The van der Waals surface area contributed by atoms with Gasteiger partial charge in [0.2, 0.25) is 0 Å². The SMILES string of the molecule is C1CCCC(CN2CCCCC2)CCC1. The fraction of sp³-hybridized carbons (Fsp3) is 1.00. The lowest BCUT2D eigenvalue weighted by Crippen LogP contribution is -2.34. The van der Waals surface area contributed by atoms with E-state index in [2.05, 4.69) is 4.90 Å². The van der Waals surface area contributed by atoms with E-state index < -0.39 is 0 Å². The van der Waals surface area contributed by atoms with Crippen LogP contribution in [0.2, 0.25) is 0 Å². The third-order valence-corrected chi connectivity index (χ3v) is 4.19. The van der Waals surface area contributed by atoms with Crippen LogP contribution in [0.25, 0.3) is 0 Å². The Hall–Kier alpha value is -0.0400. The first-order valence-corrected chi connectivity index (χ1v) is 7.17. The molecule has 15 heavy (non-hydrogen) atoms. The molecule has 2 fully saturated rings. The summed E-state index contributed by atoms with van der Waals surface area (Å²) in [6.07, 6.45) is 14.9. The Morgan fingerprint density at radius 2 is 1.20 bits per heavy atom. The summed E-state index contributed by atoms with van der Waals surface area (Å²) < 4.78 is 0. The van der Waals surface area contributed by atoms with Crippen molar-refractivity contribution >= 4 is 0 Å². The van der Waals surface area contributed by atoms with Crippen LogP contribution in [0.1, 0.15) is 64.2 Å². The van der Waals surface area contributed by atoms with Crippen LogP contribution in [0.5, 0.6) is 0 Å². The molecule has 0 N–H and O–H groups in total. The van der Waals surface area contributed by atoms with E-state index in [-0.39, 0.29) is 0 Å². The van der Waals surface area contributed by atoms with E-state index in [0.717, 1.165) is 5.92 Å². The molecule has 1 heteroatoms. The van der Waals surface area contributed by atoms with Gasteiger partial charge in [0.15, 0.2) is 0 Å². The van der Waals surface area contributed by atoms with Crippen molar-refractivity contribution < 1.29 is 0 Å². The lowest BCUT2D eigenvalue weighted by atomic mass is 9.90. The Bertz CT molecular complexity index is 153. The van der Waals surface area contributed by atoms with Crippen molar-refractivity contribution in [2.24, 2.45) is 5.92 Å². The summed E-state index contributed by atoms with van der Waals surface area (Å²) >= 11 is 0. The average molecular weight is 209 g/mol. The van der Waals surface area contributed by atoms with Crippen LogP contribution in [0.3, 0.4) is 0 Å². The third-order valence-electron chi connectivity index (χ3n) is 4.19. The van der Waals surface area contributed by atoms with Gasteiger partial charge in [0, 0.05) is 6.54 Å². The predicted octanol–water partition coefficient (Wildman–Crippen LogP) is 3.83. The fourth-order valence-electron chi connectivity index (χ4n) is 3.23. The van der Waals surface area contributed by atoms with Crippen LogP contribution in [0, 0.1) is 5.92 Å². The second-order valence-electron chi connectivity index (χ2n) is 5.57. The molecule has 0 radical (unpaired) electrons. The summed E-state index contributed by atoms with van der Waals surface area (Å²) in [5.74, 6) is 1.03. The minimum absolute atomic E-state index is 1.03. The smallest absolute Gasteiger partial charge is 0.000965 e. The Kier molecular flexibility index (Phi) is 4.98. The zero-order valence-corrected chi connectivity index (χ0v) is 10.2. The maximum absolute atomic E-state index is 2.73. The molecule has 1 saturated heterocycles. The average Bonchev–Trinajstić information content (AvgIpc) is 2.23. The molecule has 0 spiro atoms. The topological polar surface area (TPSA) is 3.24 Å². The van der Waals surface area contributed by atoms with Crippen LogP contribution >= 0.6 is 0 Å². The van der Waals surface area contributed by atoms with E-state index >= 15 is 0 Å². The summed E-state index contributed by atoms with van der Waals surface area (Å²) in [5, 5.41) is 0. The van der Waals surface area contributed by atoms with Gasteiger partial charge in [0.1, 0.15) is 0 Å². The van der Waals surface area contributed by atoms with E-state index in [4.69, 9.17) is 0 Å². The normalized spacial score (nSPS) is 27.2. The highest BCUT2D eigenvalue weighted by Crippen LogP contribution is 2.24. The standard InChI is InChI=1S/C14H27N/c1-2-5-9-14(10-6-3-1)13-15-11-7-4-8-12-15/h14H,1-13H2. The largest absolute Gasteiger partial charge is 0.303 e. The van der Waals surface area contributed by atoms with Crippen LogP contribution < -0.4 is 0 Å². The van der Waals surface area contributed by atoms with E-state index in [1.165, 1.54) is 83.8 Å². The second-order valence-corrected chi connectivity index (χ2v) is 5.57. The number of hydrogen-bond acceptors (Lipinski definition) is 1. The first-order valence-electron chi connectivity index (χ1n) is 7.17. The minimum Gasteiger partial charge on any atom is -0.303 e. The first-order chi connectivity index (χ1) is 7.45. The molecule has 0 aromatic heterocycles. The van der Waals surface area contributed by atoms with Crippen LogP contribution in [0.15, 0.2) is 0 Å². The monoisotopic (exact) mass is 209 g/mol. The van der Waals surface area contributed by atoms with Gasteiger partial charge in [-0.25, -0.2) is 0 Å². The lowest BCUT2D eigenvalue weighted by molar-refractivity contribution is 0.179. The molecule has 2 aliphatic rings. The van der Waals surface area contributed by atoms with Crippen LogP contribution in [-0.4, -0.2) is 24.5 Å². The fourth-order valence-corrected chi connectivity index (χ4v) is 3.23. The maximum atomic E-state index is 2.73. The van der Waals surface area contributed by atoms with Gasteiger partial charge in [-0.3, -0.25) is 0 Å². The van der Waals surface area contributed by atoms with Gasteiger partial charge in [-0.2, -0.15) is 0 Å². The van der Waals surface area contributed by atoms with Crippen molar-refractivity contribution in [3.63, 3.8) is 0 Å². The van der Waals surface area contributed by atoms with Crippen molar-refractivity contribution in [2.75, 3.05) is 19.6 Å². The number of piperidine rings is 1. The van der Waals surface area contributed by atoms with E-state index in [9.17, 15) is 0 Å². The van der Waals surface area contributed by atoms with Crippen molar-refractivity contribution in [1.29, 1.82) is 0 Å². The molecule has 0 atom stereocenters. The number of rotatable bonds is 2. The van der Waals surface area contributed by atoms with Crippen molar-refractivity contribution in [3.8, 4) is 0 Å². The Balaban J connectivity index is 1.70. The van der Waals surface area contributed by atoms with E-state index in [0.29, 0.717) is 0 Å². The van der Waals surface area contributed by atoms with Crippen molar-refractivity contribution in [1.82, 2.24) is 4.90 Å². The van der Waals surface area contributed by atoms with Gasteiger partial charge in [-0.05, 0) is 44.7 Å². The van der Waals surface area contributed by atoms with Gasteiger partial charge < -0.3 is 4.90 Å². The van der Waals surface area contributed by atoms with Gasteiger partial charge in [0.05, 0.1) is 0 Å². The maximum Gasteiger partial charge on any atom is 0.000965 e. The number of nitrogens with zero attached hydrogens (tertiary/aromatic N) is 1. The van der Waals surface area contributed by atoms with Crippen LogP contribution in [0.4, 0.5) is 0 Å². The summed E-state index contributed by atoms with van der Waals surface area (Å²) in [5.41, 5.74) is 0. The lowest BCUT2D eigenvalue weighted by Gasteiger charge is -2.31. The molecule has 1 nitrogen and oxygen atoms in total. The zero-order chi connectivity index (χ0) is 10.3. The summed E-state index contributed by atoms with van der Waals surface area (Å²) in [4.78, 5) is 2.73. The highest BCUT2D eigenvalue weighted by atomic mass is 15.1. The molecule has 1 aliphatic carbocycles. The molecular weight excluding hydrogens is 182 g/mol. The minimum atomic E-state index is 1.03. The van der Waals surface area contributed by atoms with Gasteiger partial charge in [-0.1, -0.05) is 38.5 Å². The molecule has 0 aromatic rings. The molecule has 88 valence electrons. The van der Waals surface area contributed by atoms with Crippen molar-refractivity contribution in [3.05, 3.63) is 0 Å². The predicted molar refractivity (Wildman–Crippen MR) is 66.1 cm³/mol. The summed E-state index contributed by atoms with van der Waals surface area (Å²) in [7, 11) is 0.